The lowest BCUT2D eigenvalue weighted by Crippen LogP contribution is -2.30. The Bertz CT molecular complexity index is 1360. The standard InChI is InChI=1S/C19H18N4O6S2/c1-13-11-14(20)7-9-17(13)21-18-10-8-16(12-19(18)23(24)25)31(28,29)22-30(26,27)15-5-3-2-4-6-15/h2-12,21-22H,20H2,1H3. The molecular weight excluding hydrogens is 444 g/mol. The molecule has 0 fully saturated rings. The van der Waals surface area contributed by atoms with Gasteiger partial charge in [0.25, 0.3) is 25.7 Å². The quantitative estimate of drug-likeness (QED) is 0.274. The molecule has 0 unspecified atom stereocenters. The number of nitro groups is 1. The highest BCUT2D eigenvalue weighted by molar-refractivity contribution is 8.04. The largest absolute Gasteiger partial charge is 0.399 e. The minimum Gasteiger partial charge on any atom is -0.399 e. The third kappa shape index (κ3) is 4.99. The average molecular weight is 463 g/mol. The van der Waals surface area contributed by atoms with Crippen molar-refractivity contribution in [3.63, 3.8) is 0 Å². The highest BCUT2D eigenvalue weighted by Gasteiger charge is 2.27. The summed E-state index contributed by atoms with van der Waals surface area (Å²) in [6.07, 6.45) is 0. The van der Waals surface area contributed by atoms with Gasteiger partial charge in [0.05, 0.1) is 14.7 Å². The first-order chi connectivity index (χ1) is 14.5. The van der Waals surface area contributed by atoms with E-state index in [9.17, 15) is 26.9 Å². The summed E-state index contributed by atoms with van der Waals surface area (Å²) >= 11 is 0. The highest BCUT2D eigenvalue weighted by atomic mass is 32.3. The summed E-state index contributed by atoms with van der Waals surface area (Å²) in [4.78, 5) is 9.95. The van der Waals surface area contributed by atoms with Gasteiger partial charge < -0.3 is 11.1 Å². The van der Waals surface area contributed by atoms with Gasteiger partial charge in [-0.05, 0) is 55.0 Å². The summed E-state index contributed by atoms with van der Waals surface area (Å²) in [5.41, 5.74) is 6.97. The Kier molecular flexibility index (Phi) is 5.97. The first kappa shape index (κ1) is 22.2. The van der Waals surface area contributed by atoms with Crippen molar-refractivity contribution in [3.05, 3.63) is 82.4 Å². The van der Waals surface area contributed by atoms with E-state index >= 15 is 0 Å². The van der Waals surface area contributed by atoms with Gasteiger partial charge in [-0.3, -0.25) is 10.1 Å². The van der Waals surface area contributed by atoms with Crippen molar-refractivity contribution in [1.82, 2.24) is 4.13 Å². The van der Waals surface area contributed by atoms with E-state index in [1.807, 2.05) is 0 Å². The van der Waals surface area contributed by atoms with Crippen LogP contribution in [0.15, 0.2) is 76.5 Å². The van der Waals surface area contributed by atoms with E-state index in [-0.39, 0.29) is 10.6 Å². The lowest BCUT2D eigenvalue weighted by molar-refractivity contribution is -0.384. The smallest absolute Gasteiger partial charge is 0.294 e. The zero-order valence-electron chi connectivity index (χ0n) is 16.1. The van der Waals surface area contributed by atoms with Crippen LogP contribution in [0.3, 0.4) is 0 Å². The van der Waals surface area contributed by atoms with E-state index in [1.54, 1.807) is 35.3 Å². The lowest BCUT2D eigenvalue weighted by Gasteiger charge is -2.12. The molecule has 0 heterocycles. The number of benzene rings is 3. The predicted octanol–water partition coefficient (Wildman–Crippen LogP) is 2.90. The van der Waals surface area contributed by atoms with Gasteiger partial charge in [-0.25, -0.2) is 16.8 Å². The normalized spacial score (nSPS) is 11.8. The zero-order chi connectivity index (χ0) is 22.8. The molecule has 4 N–H and O–H groups in total. The number of sulfonamides is 2. The van der Waals surface area contributed by atoms with Crippen LogP contribution >= 0.6 is 0 Å². The van der Waals surface area contributed by atoms with Crippen LogP contribution in [0.4, 0.5) is 22.7 Å². The Balaban J connectivity index is 1.97. The first-order valence-electron chi connectivity index (χ1n) is 8.75. The van der Waals surface area contributed by atoms with Gasteiger partial charge in [0.15, 0.2) is 0 Å². The van der Waals surface area contributed by atoms with E-state index < -0.39 is 35.6 Å². The first-order valence-corrected chi connectivity index (χ1v) is 11.7. The maximum Gasteiger partial charge on any atom is 0.294 e. The molecule has 0 saturated carbocycles. The number of anilines is 3. The van der Waals surface area contributed by atoms with Gasteiger partial charge in [0, 0.05) is 17.4 Å². The highest BCUT2D eigenvalue weighted by Crippen LogP contribution is 2.32. The molecule has 3 rings (SSSR count). The summed E-state index contributed by atoms with van der Waals surface area (Å²) < 4.78 is 51.6. The zero-order valence-corrected chi connectivity index (χ0v) is 17.8. The molecule has 0 spiro atoms. The van der Waals surface area contributed by atoms with Crippen molar-refractivity contribution in [3.8, 4) is 0 Å². The second-order valence-electron chi connectivity index (χ2n) is 6.54. The Morgan fingerprint density at radius 2 is 1.45 bits per heavy atom. The molecule has 10 nitrogen and oxygen atoms in total. The molecule has 0 saturated heterocycles. The van der Waals surface area contributed by atoms with Gasteiger partial charge >= 0.3 is 0 Å². The van der Waals surface area contributed by atoms with Crippen molar-refractivity contribution >= 4 is 42.8 Å². The summed E-state index contributed by atoms with van der Waals surface area (Å²) in [6, 6.07) is 14.9. The van der Waals surface area contributed by atoms with E-state index in [4.69, 9.17) is 5.73 Å². The Morgan fingerprint density at radius 3 is 2.06 bits per heavy atom. The molecule has 0 radical (unpaired) electrons. The fourth-order valence-electron chi connectivity index (χ4n) is 2.75. The molecular formula is C19H18N4O6S2. The number of nitrogens with zero attached hydrogens (tertiary/aromatic N) is 1. The van der Waals surface area contributed by atoms with Gasteiger partial charge in [-0.2, -0.15) is 0 Å². The van der Waals surface area contributed by atoms with E-state index in [2.05, 4.69) is 5.32 Å². The number of nitrogens with one attached hydrogen (secondary N) is 2. The number of rotatable bonds is 7. The Labute approximate surface area is 179 Å². The minimum atomic E-state index is -4.61. The fourth-order valence-corrected chi connectivity index (χ4v) is 5.70. The number of hydrogen-bond acceptors (Lipinski definition) is 8. The molecule has 12 heteroatoms. The second-order valence-corrected chi connectivity index (χ2v) is 10.2. The van der Waals surface area contributed by atoms with Crippen molar-refractivity contribution < 1.29 is 21.8 Å². The van der Waals surface area contributed by atoms with E-state index in [1.165, 1.54) is 30.3 Å². The molecule has 31 heavy (non-hydrogen) atoms. The molecule has 3 aromatic rings. The number of nitrogens with two attached hydrogens (primary N) is 1. The number of hydrogen-bond donors (Lipinski definition) is 3. The topological polar surface area (TPSA) is 162 Å². The molecule has 0 aromatic heterocycles. The van der Waals surface area contributed by atoms with Gasteiger partial charge in [-0.1, -0.05) is 18.2 Å². The third-order valence-corrected chi connectivity index (χ3v) is 7.79. The van der Waals surface area contributed by atoms with Crippen LogP contribution in [0.5, 0.6) is 0 Å². The maximum atomic E-state index is 12.6. The van der Waals surface area contributed by atoms with Crippen LogP contribution in [0, 0.1) is 17.0 Å². The molecule has 0 aliphatic rings. The maximum absolute atomic E-state index is 12.6. The fraction of sp³-hybridized carbons (Fsp3) is 0.0526. The van der Waals surface area contributed by atoms with Crippen molar-refractivity contribution in [1.29, 1.82) is 0 Å². The molecule has 0 aliphatic heterocycles. The Morgan fingerprint density at radius 1 is 0.839 bits per heavy atom. The molecule has 162 valence electrons. The Hall–Kier alpha value is -3.48. The van der Waals surface area contributed by atoms with Crippen LogP contribution in [-0.2, 0) is 20.0 Å². The summed E-state index contributed by atoms with van der Waals surface area (Å²) in [5, 5.41) is 14.4. The second kappa shape index (κ2) is 8.34. The van der Waals surface area contributed by atoms with Crippen LogP contribution in [0.2, 0.25) is 0 Å². The number of nitrogen functional groups attached to an aromatic ring is 1. The van der Waals surface area contributed by atoms with Crippen molar-refractivity contribution in [2.45, 2.75) is 16.7 Å². The predicted molar refractivity (Wildman–Crippen MR) is 116 cm³/mol. The van der Waals surface area contributed by atoms with Crippen LogP contribution in [0.25, 0.3) is 0 Å². The van der Waals surface area contributed by atoms with Gasteiger partial charge in [0.2, 0.25) is 0 Å². The molecule has 0 atom stereocenters. The number of nitro benzene ring substituents is 1. The van der Waals surface area contributed by atoms with E-state index in [0.29, 0.717) is 11.4 Å². The SMILES string of the molecule is Cc1cc(N)ccc1Nc1ccc(S(=O)(=O)NS(=O)(=O)c2ccccc2)cc1[N+](=O)[O-]. The molecule has 3 aromatic carbocycles. The average Bonchev–Trinajstić information content (AvgIpc) is 2.70. The summed E-state index contributed by atoms with van der Waals surface area (Å²) in [7, 11) is -9.02. The monoisotopic (exact) mass is 462 g/mol. The summed E-state index contributed by atoms with van der Waals surface area (Å²) in [6.45, 7) is 1.75. The number of aryl methyl sites for hydroxylation is 1. The minimum absolute atomic E-state index is 0.0303. The third-order valence-electron chi connectivity index (χ3n) is 4.27. The van der Waals surface area contributed by atoms with Crippen LogP contribution in [-0.4, -0.2) is 21.8 Å². The van der Waals surface area contributed by atoms with Crippen LogP contribution in [0.1, 0.15) is 5.56 Å². The molecule has 0 bridgehead atoms. The lowest BCUT2D eigenvalue weighted by atomic mass is 10.1. The van der Waals surface area contributed by atoms with E-state index in [0.717, 1.165) is 17.7 Å². The van der Waals surface area contributed by atoms with Crippen LogP contribution < -0.4 is 15.2 Å². The van der Waals surface area contributed by atoms with Gasteiger partial charge in [0.1, 0.15) is 5.69 Å². The van der Waals surface area contributed by atoms with Crippen molar-refractivity contribution in [2.24, 2.45) is 0 Å². The molecule has 0 amide bonds. The summed E-state index contributed by atoms with van der Waals surface area (Å²) in [5.74, 6) is 0. The molecule has 0 aliphatic carbocycles. The van der Waals surface area contributed by atoms with Gasteiger partial charge in [-0.15, -0.1) is 4.13 Å². The van der Waals surface area contributed by atoms with Crippen molar-refractivity contribution in [2.75, 3.05) is 11.1 Å².